The topological polar surface area (TPSA) is 106 Å². The Morgan fingerprint density at radius 2 is 1.74 bits per heavy atom. The van der Waals surface area contributed by atoms with Gasteiger partial charge < -0.3 is 20.5 Å². The van der Waals surface area contributed by atoms with Crippen LogP contribution in [0.3, 0.4) is 0 Å². The van der Waals surface area contributed by atoms with Crippen LogP contribution in [-0.4, -0.2) is 32.8 Å². The third kappa shape index (κ3) is 5.87. The summed E-state index contributed by atoms with van der Waals surface area (Å²) in [5.74, 6) is -4.16. The average Bonchev–Trinajstić information content (AvgIpc) is 2.79. The highest BCUT2D eigenvalue weighted by Crippen LogP contribution is 2.19. The van der Waals surface area contributed by atoms with Gasteiger partial charge in [0.25, 0.3) is 0 Å². The molecular formula is C15H16F2N2O4. The van der Waals surface area contributed by atoms with Crippen LogP contribution < -0.4 is 5.73 Å². The lowest BCUT2D eigenvalue weighted by Crippen LogP contribution is -2.21. The summed E-state index contributed by atoms with van der Waals surface area (Å²) in [7, 11) is 0. The number of halogens is 2. The van der Waals surface area contributed by atoms with Gasteiger partial charge >= 0.3 is 11.9 Å². The van der Waals surface area contributed by atoms with Gasteiger partial charge in [0.1, 0.15) is 0 Å². The van der Waals surface area contributed by atoms with Crippen LogP contribution in [0.4, 0.5) is 8.78 Å². The molecule has 124 valence electrons. The molecule has 0 saturated heterocycles. The highest BCUT2D eigenvalue weighted by atomic mass is 19.2. The first kappa shape index (κ1) is 18.3. The molecule has 0 bridgehead atoms. The summed E-state index contributed by atoms with van der Waals surface area (Å²) in [6.45, 7) is 2.46. The van der Waals surface area contributed by atoms with E-state index in [1.54, 1.807) is 12.3 Å². The Balaban J connectivity index is 0.000000284. The summed E-state index contributed by atoms with van der Waals surface area (Å²) >= 11 is 0. The van der Waals surface area contributed by atoms with Crippen molar-refractivity contribution in [3.8, 4) is 0 Å². The molecule has 2 aromatic rings. The van der Waals surface area contributed by atoms with Crippen LogP contribution in [0.15, 0.2) is 36.5 Å². The normalized spacial score (nSPS) is 12.0. The summed E-state index contributed by atoms with van der Waals surface area (Å²) in [6.07, 6.45) is 2.90. The fraction of sp³-hybridized carbons (Fsp3) is 0.200. The first-order chi connectivity index (χ1) is 10.7. The standard InChI is InChI=1S/C11H12F2N2.C4H4O4/c1-7(14)6-15-3-2-8-4-9(12)10(13)5-11(8)15;5-3(6)1-2-4(7)8/h2-5,7H,6,14H2,1H3;1-2H,(H,5,6)(H,7,8)/b;2-1+/t7-;/m0./s1. The molecule has 1 aromatic heterocycles. The van der Waals surface area contributed by atoms with Gasteiger partial charge in [0.05, 0.1) is 5.52 Å². The van der Waals surface area contributed by atoms with Crippen molar-refractivity contribution in [1.82, 2.24) is 4.57 Å². The molecule has 0 spiro atoms. The molecule has 23 heavy (non-hydrogen) atoms. The number of hydrogen-bond acceptors (Lipinski definition) is 3. The molecule has 2 rings (SSSR count). The predicted molar refractivity (Wildman–Crippen MR) is 79.9 cm³/mol. The zero-order chi connectivity index (χ0) is 17.6. The van der Waals surface area contributed by atoms with Crippen LogP contribution in [0.5, 0.6) is 0 Å². The monoisotopic (exact) mass is 326 g/mol. The minimum absolute atomic E-state index is 0.0197. The van der Waals surface area contributed by atoms with E-state index in [0.717, 1.165) is 0 Å². The Kier molecular flexibility index (Phi) is 6.40. The van der Waals surface area contributed by atoms with Gasteiger partial charge in [0.2, 0.25) is 0 Å². The minimum atomic E-state index is -1.26. The van der Waals surface area contributed by atoms with Crippen LogP contribution in [0.25, 0.3) is 10.9 Å². The molecule has 1 atom stereocenters. The Hall–Kier alpha value is -2.74. The van der Waals surface area contributed by atoms with Crippen LogP contribution in [-0.2, 0) is 16.1 Å². The van der Waals surface area contributed by atoms with Crippen molar-refractivity contribution in [2.24, 2.45) is 5.73 Å². The summed E-state index contributed by atoms with van der Waals surface area (Å²) in [5.41, 5.74) is 6.33. The smallest absolute Gasteiger partial charge is 0.328 e. The number of nitrogens with two attached hydrogens (primary N) is 1. The van der Waals surface area contributed by atoms with E-state index in [2.05, 4.69) is 0 Å². The molecule has 6 nitrogen and oxygen atoms in total. The first-order valence-corrected chi connectivity index (χ1v) is 6.54. The van der Waals surface area contributed by atoms with Gasteiger partial charge in [-0.1, -0.05) is 0 Å². The molecule has 0 radical (unpaired) electrons. The van der Waals surface area contributed by atoms with E-state index in [0.29, 0.717) is 29.6 Å². The number of carboxylic acid groups (broad SMARTS) is 2. The van der Waals surface area contributed by atoms with Gasteiger partial charge in [-0.2, -0.15) is 0 Å². The highest BCUT2D eigenvalue weighted by molar-refractivity contribution is 5.89. The third-order valence-electron chi connectivity index (χ3n) is 2.67. The lowest BCUT2D eigenvalue weighted by atomic mass is 10.2. The van der Waals surface area contributed by atoms with Crippen molar-refractivity contribution in [3.63, 3.8) is 0 Å². The fourth-order valence-electron chi connectivity index (χ4n) is 1.80. The second-order valence-electron chi connectivity index (χ2n) is 4.78. The molecule has 1 aromatic carbocycles. The Morgan fingerprint density at radius 1 is 1.22 bits per heavy atom. The molecule has 8 heteroatoms. The second kappa shape index (κ2) is 8.04. The fourth-order valence-corrected chi connectivity index (χ4v) is 1.80. The first-order valence-electron chi connectivity index (χ1n) is 6.54. The molecule has 0 aliphatic heterocycles. The van der Waals surface area contributed by atoms with E-state index in [9.17, 15) is 18.4 Å². The maximum Gasteiger partial charge on any atom is 0.328 e. The number of aromatic nitrogens is 1. The number of benzene rings is 1. The zero-order valence-electron chi connectivity index (χ0n) is 12.2. The van der Waals surface area contributed by atoms with Gasteiger partial charge in [0.15, 0.2) is 11.6 Å². The van der Waals surface area contributed by atoms with E-state index in [4.69, 9.17) is 15.9 Å². The molecule has 0 fully saturated rings. The van der Waals surface area contributed by atoms with Gasteiger partial charge in [-0.25, -0.2) is 18.4 Å². The molecular weight excluding hydrogens is 310 g/mol. The molecule has 0 saturated carbocycles. The summed E-state index contributed by atoms with van der Waals surface area (Å²) in [6, 6.07) is 4.13. The number of fused-ring (bicyclic) bond motifs is 1. The number of nitrogens with zero attached hydrogens (tertiary/aromatic N) is 1. The number of aliphatic carboxylic acids is 2. The van der Waals surface area contributed by atoms with Crippen molar-refractivity contribution >= 4 is 22.8 Å². The molecule has 0 aliphatic rings. The van der Waals surface area contributed by atoms with Gasteiger partial charge in [-0.15, -0.1) is 0 Å². The van der Waals surface area contributed by atoms with Crippen LogP contribution in [0.1, 0.15) is 6.92 Å². The van der Waals surface area contributed by atoms with E-state index in [1.807, 2.05) is 11.5 Å². The Labute approximate surface area is 130 Å². The average molecular weight is 326 g/mol. The summed E-state index contributed by atoms with van der Waals surface area (Å²) in [5, 5.41) is 16.3. The molecule has 4 N–H and O–H groups in total. The summed E-state index contributed by atoms with van der Waals surface area (Å²) < 4.78 is 27.8. The highest BCUT2D eigenvalue weighted by Gasteiger charge is 2.08. The third-order valence-corrected chi connectivity index (χ3v) is 2.67. The maximum atomic E-state index is 13.0. The van der Waals surface area contributed by atoms with Crippen molar-refractivity contribution in [2.45, 2.75) is 19.5 Å². The molecule has 0 amide bonds. The van der Waals surface area contributed by atoms with Crippen molar-refractivity contribution in [3.05, 3.63) is 48.2 Å². The molecule has 0 unspecified atom stereocenters. The molecule has 1 heterocycles. The second-order valence-corrected chi connectivity index (χ2v) is 4.78. The maximum absolute atomic E-state index is 13.0. The largest absolute Gasteiger partial charge is 0.478 e. The lowest BCUT2D eigenvalue weighted by molar-refractivity contribution is -0.134. The Bertz CT molecular complexity index is 722. The Morgan fingerprint density at radius 3 is 2.22 bits per heavy atom. The lowest BCUT2D eigenvalue weighted by Gasteiger charge is -2.08. The van der Waals surface area contributed by atoms with E-state index in [-0.39, 0.29) is 6.04 Å². The number of hydrogen-bond donors (Lipinski definition) is 3. The van der Waals surface area contributed by atoms with Gasteiger partial charge in [0, 0.05) is 42.4 Å². The van der Waals surface area contributed by atoms with Gasteiger partial charge in [-0.05, 0) is 19.1 Å². The number of carboxylic acids is 2. The zero-order valence-corrected chi connectivity index (χ0v) is 12.2. The van der Waals surface area contributed by atoms with Crippen LogP contribution >= 0.6 is 0 Å². The summed E-state index contributed by atoms with van der Waals surface area (Å²) in [4.78, 5) is 19.1. The molecule has 0 aliphatic carbocycles. The number of carbonyl (C=O) groups is 2. The van der Waals surface area contributed by atoms with E-state index in [1.165, 1.54) is 12.1 Å². The van der Waals surface area contributed by atoms with Crippen molar-refractivity contribution < 1.29 is 28.6 Å². The van der Waals surface area contributed by atoms with Crippen LogP contribution in [0.2, 0.25) is 0 Å². The quantitative estimate of drug-likeness (QED) is 0.745. The SMILES string of the molecule is C[C@H](N)Cn1ccc2cc(F)c(F)cc21.O=C(O)/C=C/C(=O)O. The van der Waals surface area contributed by atoms with E-state index < -0.39 is 23.6 Å². The van der Waals surface area contributed by atoms with Crippen molar-refractivity contribution in [1.29, 1.82) is 0 Å². The van der Waals surface area contributed by atoms with Crippen LogP contribution in [0, 0.1) is 11.6 Å². The number of rotatable bonds is 4. The minimum Gasteiger partial charge on any atom is -0.478 e. The van der Waals surface area contributed by atoms with Crippen molar-refractivity contribution in [2.75, 3.05) is 0 Å². The van der Waals surface area contributed by atoms with Gasteiger partial charge in [-0.3, -0.25) is 0 Å². The predicted octanol–water partition coefficient (Wildman–Crippen LogP) is 1.98. The van der Waals surface area contributed by atoms with E-state index >= 15 is 0 Å².